The highest BCUT2D eigenvalue weighted by Gasteiger charge is 2.07. The van der Waals surface area contributed by atoms with Gasteiger partial charge in [-0.1, -0.05) is 11.8 Å². The molecule has 2 rings (SSSR count). The number of H-pyrrole nitrogens is 1. The van der Waals surface area contributed by atoms with Crippen molar-refractivity contribution in [3.8, 4) is 11.8 Å². The van der Waals surface area contributed by atoms with Crippen molar-refractivity contribution in [2.45, 2.75) is 13.5 Å². The van der Waals surface area contributed by atoms with E-state index in [0.717, 1.165) is 16.7 Å². The molecular weight excluding hydrogens is 254 g/mol. The first-order chi connectivity index (χ1) is 9.70. The number of nitrogens with one attached hydrogen (secondary N) is 2. The van der Waals surface area contributed by atoms with Gasteiger partial charge in [-0.15, -0.1) is 0 Å². The van der Waals surface area contributed by atoms with Crippen molar-refractivity contribution in [2.75, 3.05) is 6.61 Å². The summed E-state index contributed by atoms with van der Waals surface area (Å²) in [6, 6.07) is 5.29. The van der Waals surface area contributed by atoms with Gasteiger partial charge in [-0.3, -0.25) is 9.89 Å². The zero-order valence-electron chi connectivity index (χ0n) is 11.1. The number of amides is 1. The van der Waals surface area contributed by atoms with Crippen LogP contribution in [0.5, 0.6) is 0 Å². The Morgan fingerprint density at radius 1 is 1.50 bits per heavy atom. The molecule has 5 heteroatoms. The molecular formula is C15H15N3O2. The lowest BCUT2D eigenvalue weighted by molar-refractivity contribution is 0.0951. The molecule has 0 spiro atoms. The smallest absolute Gasteiger partial charge is 0.251 e. The van der Waals surface area contributed by atoms with E-state index in [0.29, 0.717) is 12.1 Å². The fourth-order valence-corrected chi connectivity index (χ4v) is 1.74. The monoisotopic (exact) mass is 269 g/mol. The van der Waals surface area contributed by atoms with Crippen LogP contribution in [0.4, 0.5) is 0 Å². The number of carbonyl (C=O) groups excluding carboxylic acids is 1. The first kappa shape index (κ1) is 13.8. The molecule has 102 valence electrons. The number of nitrogens with zero attached hydrogens (tertiary/aromatic N) is 1. The largest absolute Gasteiger partial charge is 0.384 e. The Labute approximate surface area is 117 Å². The van der Waals surface area contributed by atoms with Gasteiger partial charge in [0.2, 0.25) is 0 Å². The normalized spacial score (nSPS) is 9.70. The number of carbonyl (C=O) groups is 1. The van der Waals surface area contributed by atoms with Crippen molar-refractivity contribution in [1.82, 2.24) is 15.5 Å². The highest BCUT2D eigenvalue weighted by molar-refractivity contribution is 5.94. The van der Waals surface area contributed by atoms with Crippen molar-refractivity contribution >= 4 is 5.91 Å². The van der Waals surface area contributed by atoms with Crippen molar-refractivity contribution in [1.29, 1.82) is 0 Å². The number of rotatable bonds is 3. The predicted octanol–water partition coefficient (Wildman–Crippen LogP) is 0.992. The summed E-state index contributed by atoms with van der Waals surface area (Å²) in [7, 11) is 0. The molecule has 3 N–H and O–H groups in total. The molecule has 5 nitrogen and oxygen atoms in total. The average molecular weight is 269 g/mol. The number of benzene rings is 1. The van der Waals surface area contributed by atoms with Crippen LogP contribution in [0.2, 0.25) is 0 Å². The van der Waals surface area contributed by atoms with Gasteiger partial charge in [0.15, 0.2) is 0 Å². The third kappa shape index (κ3) is 3.46. The highest BCUT2D eigenvalue weighted by atomic mass is 16.2. The van der Waals surface area contributed by atoms with Crippen LogP contribution in [-0.4, -0.2) is 27.8 Å². The molecule has 0 atom stereocenters. The maximum absolute atomic E-state index is 12.0. The molecule has 1 heterocycles. The summed E-state index contributed by atoms with van der Waals surface area (Å²) < 4.78 is 0. The van der Waals surface area contributed by atoms with Gasteiger partial charge in [0.1, 0.15) is 6.61 Å². The number of hydrogen-bond acceptors (Lipinski definition) is 3. The van der Waals surface area contributed by atoms with Crippen LogP contribution in [0.15, 0.2) is 30.6 Å². The standard InChI is InChI=1S/C15H15N3O2/c1-11-7-14(5-4-13(11)3-2-6-19)15(20)16-8-12-9-17-18-10-12/h4-5,7,9-10,19H,6,8H2,1H3,(H,16,20)(H,17,18). The summed E-state index contributed by atoms with van der Waals surface area (Å²) in [5, 5.41) is 18.0. The lowest BCUT2D eigenvalue weighted by Gasteiger charge is -2.05. The SMILES string of the molecule is Cc1cc(C(=O)NCc2cn[nH]c2)ccc1C#CCO. The van der Waals surface area contributed by atoms with E-state index in [1.807, 2.05) is 6.92 Å². The van der Waals surface area contributed by atoms with Crippen molar-refractivity contribution in [3.63, 3.8) is 0 Å². The zero-order valence-corrected chi connectivity index (χ0v) is 11.1. The molecule has 0 bridgehead atoms. The molecule has 0 radical (unpaired) electrons. The summed E-state index contributed by atoms with van der Waals surface area (Å²) in [6.45, 7) is 2.14. The van der Waals surface area contributed by atoms with Gasteiger partial charge in [-0.25, -0.2) is 0 Å². The van der Waals surface area contributed by atoms with Gasteiger partial charge in [0.05, 0.1) is 6.20 Å². The van der Waals surface area contributed by atoms with Gasteiger partial charge in [-0.05, 0) is 30.7 Å². The van der Waals surface area contributed by atoms with Gasteiger partial charge in [0.25, 0.3) is 5.91 Å². The van der Waals surface area contributed by atoms with E-state index in [1.165, 1.54) is 0 Å². The number of aliphatic hydroxyl groups is 1. The second kappa shape index (κ2) is 6.55. The molecule has 2 aromatic rings. The summed E-state index contributed by atoms with van der Waals surface area (Å²) in [4.78, 5) is 12.0. The van der Waals surface area contributed by atoms with Crippen LogP contribution in [0.25, 0.3) is 0 Å². The molecule has 0 saturated heterocycles. The van der Waals surface area contributed by atoms with Crippen molar-refractivity contribution in [2.24, 2.45) is 0 Å². The zero-order chi connectivity index (χ0) is 14.4. The van der Waals surface area contributed by atoms with E-state index in [4.69, 9.17) is 5.11 Å². The van der Waals surface area contributed by atoms with Crippen LogP contribution < -0.4 is 5.32 Å². The minimum absolute atomic E-state index is 0.143. The number of aromatic amines is 1. The average Bonchev–Trinajstić information content (AvgIpc) is 2.96. The van der Waals surface area contributed by atoms with E-state index in [9.17, 15) is 4.79 Å². The lowest BCUT2D eigenvalue weighted by atomic mass is 10.0. The Morgan fingerprint density at radius 2 is 2.35 bits per heavy atom. The van der Waals surface area contributed by atoms with Crippen LogP contribution in [0, 0.1) is 18.8 Å². The maximum Gasteiger partial charge on any atom is 0.251 e. The minimum atomic E-state index is -0.174. The van der Waals surface area contributed by atoms with Crippen LogP contribution in [0.3, 0.4) is 0 Å². The molecule has 0 aliphatic carbocycles. The molecule has 1 aromatic carbocycles. The van der Waals surface area contributed by atoms with E-state index >= 15 is 0 Å². The van der Waals surface area contributed by atoms with Crippen LogP contribution >= 0.6 is 0 Å². The molecule has 0 fully saturated rings. The van der Waals surface area contributed by atoms with Crippen LogP contribution in [-0.2, 0) is 6.54 Å². The quantitative estimate of drug-likeness (QED) is 0.727. The third-order valence-electron chi connectivity index (χ3n) is 2.80. The summed E-state index contributed by atoms with van der Waals surface area (Å²) in [5.74, 6) is 5.29. The number of aliphatic hydroxyl groups excluding tert-OH is 1. The topological polar surface area (TPSA) is 78.0 Å². The predicted molar refractivity (Wildman–Crippen MR) is 74.9 cm³/mol. The van der Waals surface area contributed by atoms with Gasteiger partial charge in [-0.2, -0.15) is 5.10 Å². The molecule has 1 aromatic heterocycles. The van der Waals surface area contributed by atoms with E-state index in [-0.39, 0.29) is 12.5 Å². The highest BCUT2D eigenvalue weighted by Crippen LogP contribution is 2.10. The number of aromatic nitrogens is 2. The molecule has 0 aliphatic rings. The Kier molecular flexibility index (Phi) is 4.53. The summed E-state index contributed by atoms with van der Waals surface area (Å²) in [6.07, 6.45) is 3.40. The van der Waals surface area contributed by atoms with Crippen molar-refractivity contribution < 1.29 is 9.90 Å². The second-order valence-electron chi connectivity index (χ2n) is 4.28. The van der Waals surface area contributed by atoms with E-state index in [2.05, 4.69) is 27.4 Å². The van der Waals surface area contributed by atoms with Gasteiger partial charge >= 0.3 is 0 Å². The van der Waals surface area contributed by atoms with E-state index < -0.39 is 0 Å². The fraction of sp³-hybridized carbons (Fsp3) is 0.200. The molecule has 20 heavy (non-hydrogen) atoms. The summed E-state index contributed by atoms with van der Waals surface area (Å²) >= 11 is 0. The first-order valence-electron chi connectivity index (χ1n) is 6.17. The Morgan fingerprint density at radius 3 is 3.00 bits per heavy atom. The van der Waals surface area contributed by atoms with Gasteiger partial charge < -0.3 is 10.4 Å². The van der Waals surface area contributed by atoms with Gasteiger partial charge in [0, 0.05) is 29.4 Å². The Hall–Kier alpha value is -2.58. The Balaban J connectivity index is 2.05. The molecule has 0 unspecified atom stereocenters. The van der Waals surface area contributed by atoms with E-state index in [1.54, 1.807) is 30.6 Å². The maximum atomic E-state index is 12.0. The minimum Gasteiger partial charge on any atom is -0.384 e. The van der Waals surface area contributed by atoms with Crippen molar-refractivity contribution in [3.05, 3.63) is 52.8 Å². The molecule has 1 amide bonds. The first-order valence-corrected chi connectivity index (χ1v) is 6.17. The van der Waals surface area contributed by atoms with Crippen LogP contribution in [0.1, 0.15) is 27.0 Å². The lowest BCUT2D eigenvalue weighted by Crippen LogP contribution is -2.22. The fourth-order valence-electron chi connectivity index (χ4n) is 1.74. The summed E-state index contributed by atoms with van der Waals surface area (Å²) in [5.41, 5.74) is 3.22. The second-order valence-corrected chi connectivity index (χ2v) is 4.28. The number of aryl methyl sites for hydroxylation is 1. The molecule has 0 saturated carbocycles. The Bertz CT molecular complexity index is 651. The molecule has 0 aliphatic heterocycles. The third-order valence-corrected chi connectivity index (χ3v) is 2.80. The number of hydrogen-bond donors (Lipinski definition) is 3.